The number of hydrogen-bond donors (Lipinski definition) is 0. The van der Waals surface area contributed by atoms with E-state index >= 15 is 0 Å². The van der Waals surface area contributed by atoms with Gasteiger partial charge in [0.05, 0.1) is 5.75 Å². The first-order chi connectivity index (χ1) is 9.97. The zero-order valence-corrected chi connectivity index (χ0v) is 13.2. The fraction of sp³-hybridized carbons (Fsp3) is 0.455. The van der Waals surface area contributed by atoms with E-state index in [1.54, 1.807) is 0 Å². The van der Waals surface area contributed by atoms with Gasteiger partial charge in [0.1, 0.15) is 5.82 Å². The Balaban J connectivity index is 2.28. The van der Waals surface area contributed by atoms with Crippen molar-refractivity contribution in [2.75, 3.05) is 17.2 Å². The Morgan fingerprint density at radius 2 is 2.00 bits per heavy atom. The normalized spacial score (nSPS) is 19.8. The van der Waals surface area contributed by atoms with Crippen molar-refractivity contribution in [2.45, 2.75) is 12.6 Å². The highest BCUT2D eigenvalue weighted by molar-refractivity contribution is 9.10. The Kier molecular flexibility index (Phi) is 4.49. The number of halogens is 5. The summed E-state index contributed by atoms with van der Waals surface area (Å²) in [5, 5.41) is 0. The summed E-state index contributed by atoms with van der Waals surface area (Å²) in [6.07, 6.45) is -4.97. The molecular formula is C11H9BrF4N2O3S. The third-order valence-corrected chi connectivity index (χ3v) is 4.53. The molecule has 11 heteroatoms. The lowest BCUT2D eigenvalue weighted by molar-refractivity contribution is -0.141. The first-order valence-electron chi connectivity index (χ1n) is 5.94. The van der Waals surface area contributed by atoms with Gasteiger partial charge in [0.15, 0.2) is 5.69 Å². The van der Waals surface area contributed by atoms with Crippen LogP contribution in [0.25, 0.3) is 0 Å². The molecule has 1 saturated heterocycles. The van der Waals surface area contributed by atoms with Crippen molar-refractivity contribution in [3.8, 4) is 0 Å². The van der Waals surface area contributed by atoms with Crippen molar-refractivity contribution in [2.24, 2.45) is 5.92 Å². The van der Waals surface area contributed by atoms with E-state index < -0.39 is 39.7 Å². The van der Waals surface area contributed by atoms with Crippen molar-refractivity contribution in [1.82, 2.24) is 4.98 Å². The van der Waals surface area contributed by atoms with Gasteiger partial charge in [0.25, 0.3) is 0 Å². The molecule has 2 rings (SSSR count). The van der Waals surface area contributed by atoms with E-state index in [1.165, 1.54) is 6.07 Å². The monoisotopic (exact) mass is 404 g/mol. The smallest absolute Gasteiger partial charge is 0.296 e. The zero-order chi connectivity index (χ0) is 16.7. The summed E-state index contributed by atoms with van der Waals surface area (Å²) in [4.78, 5) is 16.1. The van der Waals surface area contributed by atoms with E-state index in [4.69, 9.17) is 0 Å². The molecule has 5 nitrogen and oxygen atoms in total. The maximum absolute atomic E-state index is 12.8. The molecule has 0 bridgehead atoms. The summed E-state index contributed by atoms with van der Waals surface area (Å²) in [6, 6.07) is 2.29. The van der Waals surface area contributed by atoms with Crippen LogP contribution >= 0.6 is 15.9 Å². The van der Waals surface area contributed by atoms with Gasteiger partial charge in [-0.1, -0.05) is 0 Å². The summed E-state index contributed by atoms with van der Waals surface area (Å²) in [7, 11) is -4.76. The largest absolute Gasteiger partial charge is 0.434 e. The van der Waals surface area contributed by atoms with E-state index in [-0.39, 0.29) is 23.3 Å². The fourth-order valence-electron chi connectivity index (χ4n) is 2.18. The van der Waals surface area contributed by atoms with Crippen LogP contribution in [0.2, 0.25) is 0 Å². The predicted molar refractivity (Wildman–Crippen MR) is 72.3 cm³/mol. The Hall–Kier alpha value is -1.23. The summed E-state index contributed by atoms with van der Waals surface area (Å²) in [5.41, 5.74) is -1.20. The van der Waals surface area contributed by atoms with Gasteiger partial charge < -0.3 is 0 Å². The van der Waals surface area contributed by atoms with E-state index in [9.17, 15) is 30.3 Å². The summed E-state index contributed by atoms with van der Waals surface area (Å²) < 4.78 is 71.9. The van der Waals surface area contributed by atoms with Crippen LogP contribution in [0, 0.1) is 5.92 Å². The number of hydrogen-bond acceptors (Lipinski definition) is 4. The molecule has 122 valence electrons. The zero-order valence-electron chi connectivity index (χ0n) is 10.8. The van der Waals surface area contributed by atoms with Crippen LogP contribution in [0.15, 0.2) is 16.6 Å². The number of nitrogens with zero attached hydrogens (tertiary/aromatic N) is 2. The molecule has 0 aromatic carbocycles. The molecule has 0 radical (unpaired) electrons. The van der Waals surface area contributed by atoms with Crippen molar-refractivity contribution in [3.63, 3.8) is 0 Å². The van der Waals surface area contributed by atoms with Gasteiger partial charge in [0.2, 0.25) is 5.91 Å². The average Bonchev–Trinajstić information content (AvgIpc) is 2.66. The molecule has 1 aliphatic rings. The van der Waals surface area contributed by atoms with Gasteiger partial charge in [-0.15, -0.1) is 3.89 Å². The average molecular weight is 405 g/mol. The first-order valence-corrected chi connectivity index (χ1v) is 8.28. The van der Waals surface area contributed by atoms with Crippen LogP contribution in [-0.2, 0) is 21.2 Å². The highest BCUT2D eigenvalue weighted by Crippen LogP contribution is 2.35. The van der Waals surface area contributed by atoms with E-state index in [0.29, 0.717) is 0 Å². The molecule has 1 fully saturated rings. The fourth-order valence-corrected chi connectivity index (χ4v) is 3.41. The Labute approximate surface area is 131 Å². The summed E-state index contributed by atoms with van der Waals surface area (Å²) >= 11 is 2.73. The van der Waals surface area contributed by atoms with Crippen LogP contribution in [-0.4, -0.2) is 31.6 Å². The topological polar surface area (TPSA) is 67.3 Å². The molecule has 22 heavy (non-hydrogen) atoms. The highest BCUT2D eigenvalue weighted by Gasteiger charge is 2.38. The second kappa shape index (κ2) is 5.76. The minimum absolute atomic E-state index is 0.200. The molecule has 0 spiro atoms. The van der Waals surface area contributed by atoms with Gasteiger partial charge >= 0.3 is 16.4 Å². The Morgan fingerprint density at radius 3 is 2.55 bits per heavy atom. The molecule has 1 aromatic heterocycles. The van der Waals surface area contributed by atoms with Gasteiger partial charge in [-0.2, -0.15) is 21.6 Å². The van der Waals surface area contributed by atoms with Crippen molar-refractivity contribution in [3.05, 3.63) is 22.3 Å². The quantitative estimate of drug-likeness (QED) is 0.573. The maximum Gasteiger partial charge on any atom is 0.434 e. The standard InChI is InChI=1S/C11H9BrF4N2O3S/c12-7-1-2-8(17-10(7)11(13,14)15)18-4-6(3-9(18)19)5-22(16,20)21/h1-2,6H,3-5H2. The van der Waals surface area contributed by atoms with Gasteiger partial charge in [-0.25, -0.2) is 4.98 Å². The number of amides is 1. The highest BCUT2D eigenvalue weighted by atomic mass is 79.9. The van der Waals surface area contributed by atoms with Crippen molar-refractivity contribution < 1.29 is 30.3 Å². The molecule has 1 amide bonds. The molecule has 1 aromatic rings. The van der Waals surface area contributed by atoms with Gasteiger partial charge in [-0.05, 0) is 28.1 Å². The minimum atomic E-state index is -4.76. The molecular weight excluding hydrogens is 396 g/mol. The third kappa shape index (κ3) is 3.94. The number of rotatable bonds is 3. The van der Waals surface area contributed by atoms with Crippen molar-refractivity contribution in [1.29, 1.82) is 0 Å². The Bertz CT molecular complexity index is 708. The molecule has 1 aliphatic heterocycles. The number of alkyl halides is 3. The van der Waals surface area contributed by atoms with Crippen molar-refractivity contribution >= 4 is 37.9 Å². The number of carbonyl (C=O) groups is 1. The van der Waals surface area contributed by atoms with Crippen LogP contribution < -0.4 is 4.90 Å². The van der Waals surface area contributed by atoms with E-state index in [2.05, 4.69) is 20.9 Å². The molecule has 0 saturated carbocycles. The molecule has 0 N–H and O–H groups in total. The number of anilines is 1. The van der Waals surface area contributed by atoms with Gasteiger partial charge in [-0.3, -0.25) is 9.69 Å². The summed E-state index contributed by atoms with van der Waals surface area (Å²) in [5.74, 6) is -2.52. The minimum Gasteiger partial charge on any atom is -0.296 e. The molecule has 1 atom stereocenters. The molecule has 0 aliphatic carbocycles. The van der Waals surface area contributed by atoms with Crippen LogP contribution in [0.1, 0.15) is 12.1 Å². The SMILES string of the molecule is O=C1CC(CS(=O)(=O)F)CN1c1ccc(Br)c(C(F)(F)F)n1. The second-order valence-corrected chi connectivity index (χ2v) is 7.04. The number of carbonyl (C=O) groups excluding carboxylic acids is 1. The van der Waals surface area contributed by atoms with E-state index in [0.717, 1.165) is 11.0 Å². The second-order valence-electron chi connectivity index (χ2n) is 4.78. The van der Waals surface area contributed by atoms with E-state index in [1.807, 2.05) is 0 Å². The lowest BCUT2D eigenvalue weighted by atomic mass is 10.1. The predicted octanol–water partition coefficient (Wildman–Crippen LogP) is 2.52. The molecule has 2 heterocycles. The lowest BCUT2D eigenvalue weighted by Gasteiger charge is -2.17. The number of pyridine rings is 1. The first kappa shape index (κ1) is 17.1. The Morgan fingerprint density at radius 1 is 1.36 bits per heavy atom. The van der Waals surface area contributed by atoms with Crippen LogP contribution in [0.4, 0.5) is 22.9 Å². The van der Waals surface area contributed by atoms with Gasteiger partial charge in [0, 0.05) is 23.4 Å². The maximum atomic E-state index is 12.8. The molecule has 1 unspecified atom stereocenters. The van der Waals surface area contributed by atoms with Crippen LogP contribution in [0.5, 0.6) is 0 Å². The van der Waals surface area contributed by atoms with Crippen LogP contribution in [0.3, 0.4) is 0 Å². The third-order valence-electron chi connectivity index (χ3n) is 3.02. The summed E-state index contributed by atoms with van der Waals surface area (Å²) in [6.45, 7) is -0.200. The lowest BCUT2D eigenvalue weighted by Crippen LogP contribution is -2.27. The number of aromatic nitrogens is 1.